The van der Waals surface area contributed by atoms with Crippen LogP contribution in [0.5, 0.6) is 17.2 Å². The van der Waals surface area contributed by atoms with E-state index in [4.69, 9.17) is 14.2 Å². The maximum atomic E-state index is 9.82. The van der Waals surface area contributed by atoms with E-state index in [-0.39, 0.29) is 12.5 Å². The highest BCUT2D eigenvalue weighted by Crippen LogP contribution is 2.39. The van der Waals surface area contributed by atoms with Crippen molar-refractivity contribution in [2.75, 3.05) is 21.0 Å². The fourth-order valence-electron chi connectivity index (χ4n) is 1.31. The van der Waals surface area contributed by atoms with Crippen LogP contribution in [0.4, 0.5) is 0 Å². The van der Waals surface area contributed by atoms with Crippen LogP contribution in [0.2, 0.25) is 0 Å². The molecule has 1 aromatic carbocycles. The number of phenolic OH excluding ortho intramolecular Hbond substituents is 1. The van der Waals surface area contributed by atoms with Crippen LogP contribution >= 0.6 is 0 Å². The summed E-state index contributed by atoms with van der Waals surface area (Å²) in [5.41, 5.74) is 0.830. The number of aromatic hydroxyl groups is 1. The van der Waals surface area contributed by atoms with Crippen LogP contribution in [0.1, 0.15) is 12.5 Å². The number of methoxy groups -OCH3 is 2. The molecule has 0 aliphatic heterocycles. The first-order valence-corrected chi connectivity index (χ1v) is 4.75. The van der Waals surface area contributed by atoms with Gasteiger partial charge in [-0.15, -0.1) is 0 Å². The average Bonchev–Trinajstić information content (AvgIpc) is 2.26. The molecule has 0 heterocycles. The van der Waals surface area contributed by atoms with E-state index in [1.54, 1.807) is 6.07 Å². The fraction of sp³-hybridized carbons (Fsp3) is 0.455. The van der Waals surface area contributed by atoms with Gasteiger partial charge in [0.25, 0.3) is 0 Å². The summed E-state index contributed by atoms with van der Waals surface area (Å²) < 4.78 is 15.1. The van der Waals surface area contributed by atoms with Gasteiger partial charge in [0.1, 0.15) is 0 Å². The lowest BCUT2D eigenvalue weighted by molar-refractivity contribution is 0.0489. The number of hydrogen-bond acceptors (Lipinski definition) is 4. The molecule has 0 aliphatic carbocycles. The molecule has 4 heteroatoms. The molecule has 0 fully saturated rings. The van der Waals surface area contributed by atoms with Gasteiger partial charge in [0, 0.05) is 7.11 Å². The van der Waals surface area contributed by atoms with Crippen molar-refractivity contribution < 1.29 is 19.3 Å². The summed E-state index contributed by atoms with van der Waals surface area (Å²) in [7, 11) is 3.03. The number of phenols is 1. The molecule has 1 aromatic rings. The predicted octanol–water partition coefficient (Wildman–Crippen LogP) is 1.95. The summed E-state index contributed by atoms with van der Waals surface area (Å²) in [6.07, 6.45) is 0.743. The van der Waals surface area contributed by atoms with E-state index < -0.39 is 0 Å². The molecule has 0 unspecified atom stereocenters. The lowest BCUT2D eigenvalue weighted by Crippen LogP contribution is -2.01. The molecule has 0 radical (unpaired) electrons. The maximum absolute atomic E-state index is 9.82. The van der Waals surface area contributed by atoms with Crippen LogP contribution in [0.15, 0.2) is 12.1 Å². The van der Waals surface area contributed by atoms with Gasteiger partial charge in [-0.3, -0.25) is 0 Å². The summed E-state index contributed by atoms with van der Waals surface area (Å²) in [6.45, 7) is 2.09. The number of hydrogen-bond donors (Lipinski definition) is 1. The van der Waals surface area contributed by atoms with Gasteiger partial charge in [0.15, 0.2) is 18.3 Å². The van der Waals surface area contributed by atoms with Crippen molar-refractivity contribution in [3.8, 4) is 17.2 Å². The van der Waals surface area contributed by atoms with Crippen LogP contribution in [-0.2, 0) is 11.2 Å². The minimum absolute atomic E-state index is 0.126. The second-order valence-corrected chi connectivity index (χ2v) is 3.01. The lowest BCUT2D eigenvalue weighted by atomic mass is 10.1. The lowest BCUT2D eigenvalue weighted by Gasteiger charge is -2.13. The highest BCUT2D eigenvalue weighted by molar-refractivity contribution is 5.54. The second kappa shape index (κ2) is 5.46. The Morgan fingerprint density at radius 2 is 2.00 bits per heavy atom. The van der Waals surface area contributed by atoms with Crippen LogP contribution in [-0.4, -0.2) is 26.1 Å². The Bertz CT molecular complexity index is 323. The number of rotatable bonds is 5. The molecule has 0 aromatic heterocycles. The summed E-state index contributed by atoms with van der Waals surface area (Å²) >= 11 is 0. The highest BCUT2D eigenvalue weighted by Gasteiger charge is 2.13. The van der Waals surface area contributed by atoms with Gasteiger partial charge in [-0.1, -0.05) is 13.0 Å². The third kappa shape index (κ3) is 2.53. The molecule has 84 valence electrons. The van der Waals surface area contributed by atoms with Crippen molar-refractivity contribution in [1.29, 1.82) is 0 Å². The number of ether oxygens (including phenoxy) is 3. The normalized spacial score (nSPS) is 10.1. The third-order valence-electron chi connectivity index (χ3n) is 2.10. The van der Waals surface area contributed by atoms with Crippen molar-refractivity contribution in [3.05, 3.63) is 17.7 Å². The molecule has 0 atom stereocenters. The first-order valence-electron chi connectivity index (χ1n) is 4.75. The van der Waals surface area contributed by atoms with Crippen molar-refractivity contribution >= 4 is 0 Å². The van der Waals surface area contributed by atoms with Gasteiger partial charge in [-0.25, -0.2) is 0 Å². The Balaban J connectivity index is 3.01. The van der Waals surface area contributed by atoms with E-state index in [1.165, 1.54) is 14.2 Å². The zero-order valence-electron chi connectivity index (χ0n) is 9.24. The molecule has 0 amide bonds. The van der Waals surface area contributed by atoms with Crippen molar-refractivity contribution in [2.45, 2.75) is 13.3 Å². The van der Waals surface area contributed by atoms with E-state index in [0.29, 0.717) is 11.5 Å². The molecule has 1 N–H and O–H groups in total. The van der Waals surface area contributed by atoms with Gasteiger partial charge >= 0.3 is 0 Å². The monoisotopic (exact) mass is 212 g/mol. The molecule has 1 rings (SSSR count). The van der Waals surface area contributed by atoms with Crippen molar-refractivity contribution in [2.24, 2.45) is 0 Å². The molecule has 4 nitrogen and oxygen atoms in total. The molecule has 0 aliphatic rings. The number of benzene rings is 1. The Hall–Kier alpha value is -1.42. The largest absolute Gasteiger partial charge is 0.504 e. The number of aryl methyl sites for hydroxylation is 1. The summed E-state index contributed by atoms with van der Waals surface area (Å²) in [5.74, 6) is 0.967. The SMILES string of the molecule is CCc1ccc(OCOC)c(OC)c1O. The first kappa shape index (κ1) is 11.7. The average molecular weight is 212 g/mol. The Morgan fingerprint density at radius 1 is 1.27 bits per heavy atom. The zero-order chi connectivity index (χ0) is 11.3. The van der Waals surface area contributed by atoms with Gasteiger partial charge in [0.05, 0.1) is 7.11 Å². The molecular weight excluding hydrogens is 196 g/mol. The Kier molecular flexibility index (Phi) is 4.24. The predicted molar refractivity (Wildman–Crippen MR) is 56.5 cm³/mol. The zero-order valence-corrected chi connectivity index (χ0v) is 9.24. The van der Waals surface area contributed by atoms with Gasteiger partial charge in [-0.2, -0.15) is 0 Å². The summed E-state index contributed by atoms with van der Waals surface area (Å²) in [6, 6.07) is 3.57. The van der Waals surface area contributed by atoms with Crippen LogP contribution < -0.4 is 9.47 Å². The van der Waals surface area contributed by atoms with Gasteiger partial charge in [0.2, 0.25) is 5.75 Å². The third-order valence-corrected chi connectivity index (χ3v) is 2.10. The Labute approximate surface area is 89.4 Å². The topological polar surface area (TPSA) is 47.9 Å². The summed E-state index contributed by atoms with van der Waals surface area (Å²) in [5, 5.41) is 9.82. The van der Waals surface area contributed by atoms with Crippen molar-refractivity contribution in [3.63, 3.8) is 0 Å². The highest BCUT2D eigenvalue weighted by atomic mass is 16.7. The van der Waals surface area contributed by atoms with Crippen molar-refractivity contribution in [1.82, 2.24) is 0 Å². The van der Waals surface area contributed by atoms with Crippen LogP contribution in [0.3, 0.4) is 0 Å². The minimum Gasteiger partial charge on any atom is -0.504 e. The molecule has 0 bridgehead atoms. The van der Waals surface area contributed by atoms with Gasteiger partial charge in [-0.05, 0) is 18.1 Å². The smallest absolute Gasteiger partial charge is 0.203 e. The molecular formula is C11H16O4. The first-order chi connectivity index (χ1) is 7.24. The van der Waals surface area contributed by atoms with E-state index in [1.807, 2.05) is 13.0 Å². The standard InChI is InChI=1S/C11H16O4/c1-4-8-5-6-9(15-7-13-2)11(14-3)10(8)12/h5-6,12H,4,7H2,1-3H3. The van der Waals surface area contributed by atoms with E-state index in [2.05, 4.69) is 0 Å². The van der Waals surface area contributed by atoms with Crippen LogP contribution in [0.25, 0.3) is 0 Å². The Morgan fingerprint density at radius 3 is 2.53 bits per heavy atom. The fourth-order valence-corrected chi connectivity index (χ4v) is 1.31. The van der Waals surface area contributed by atoms with E-state index in [0.717, 1.165) is 12.0 Å². The second-order valence-electron chi connectivity index (χ2n) is 3.01. The molecule has 0 saturated heterocycles. The quantitative estimate of drug-likeness (QED) is 0.758. The summed E-state index contributed by atoms with van der Waals surface area (Å²) in [4.78, 5) is 0. The molecule has 15 heavy (non-hydrogen) atoms. The maximum Gasteiger partial charge on any atom is 0.203 e. The van der Waals surface area contributed by atoms with Crippen LogP contribution in [0, 0.1) is 0 Å². The van der Waals surface area contributed by atoms with E-state index >= 15 is 0 Å². The minimum atomic E-state index is 0.126. The van der Waals surface area contributed by atoms with E-state index in [9.17, 15) is 5.11 Å². The molecule has 0 saturated carbocycles. The molecule has 0 spiro atoms. The van der Waals surface area contributed by atoms with Gasteiger partial charge < -0.3 is 19.3 Å².